The number of rotatable bonds is 2. The van der Waals surface area contributed by atoms with Crippen molar-refractivity contribution in [1.29, 1.82) is 0 Å². The van der Waals surface area contributed by atoms with Crippen LogP contribution in [0, 0.1) is 0 Å². The lowest BCUT2D eigenvalue weighted by molar-refractivity contribution is 0.0496. The average Bonchev–Trinajstić information content (AvgIpc) is 2.92. The lowest BCUT2D eigenvalue weighted by atomic mass is 9.65. The first-order valence-corrected chi connectivity index (χ1v) is 15.2. The lowest BCUT2D eigenvalue weighted by Crippen LogP contribution is -2.38. The molecule has 1 nitrogen and oxygen atoms in total. The zero-order valence-electron chi connectivity index (χ0n) is 23.1. The van der Waals surface area contributed by atoms with Gasteiger partial charge in [-0.2, -0.15) is 0 Å². The van der Waals surface area contributed by atoms with Crippen LogP contribution in [0.3, 0.4) is 0 Å². The van der Waals surface area contributed by atoms with Gasteiger partial charge in [-0.25, -0.2) is 0 Å². The second kappa shape index (κ2) is 11.8. The molecule has 0 aromatic heterocycles. The Morgan fingerprint density at radius 2 is 1.20 bits per heavy atom. The molecule has 1 atom stereocenters. The number of aliphatic hydroxyl groups is 1. The molecule has 208 valence electrons. The normalized spacial score (nSPS) is 20.0. The van der Waals surface area contributed by atoms with Gasteiger partial charge in [0.1, 0.15) is 5.60 Å². The summed E-state index contributed by atoms with van der Waals surface area (Å²) in [4.78, 5) is 0. The highest BCUT2D eigenvalue weighted by atomic mass is 79.9. The van der Waals surface area contributed by atoms with Gasteiger partial charge < -0.3 is 5.11 Å². The third kappa shape index (κ3) is 5.93. The van der Waals surface area contributed by atoms with Crippen molar-refractivity contribution in [2.45, 2.75) is 70.8 Å². The lowest BCUT2D eigenvalue weighted by Gasteiger charge is -2.42. The molecule has 1 N–H and O–H groups in total. The van der Waals surface area contributed by atoms with Crippen LogP contribution in [0.15, 0.2) is 112 Å². The van der Waals surface area contributed by atoms with E-state index in [0.29, 0.717) is 0 Å². The van der Waals surface area contributed by atoms with E-state index in [1.165, 1.54) is 27.8 Å². The zero-order chi connectivity index (χ0) is 27.8. The molecule has 40 heavy (non-hydrogen) atoms. The first-order valence-electron chi connectivity index (χ1n) is 13.7. The van der Waals surface area contributed by atoms with Crippen LogP contribution in [0.4, 0.5) is 0 Å². The number of fused-ring (bicyclic) bond motifs is 2. The van der Waals surface area contributed by atoms with Crippen molar-refractivity contribution in [3.63, 3.8) is 0 Å². The van der Waals surface area contributed by atoms with Crippen molar-refractivity contribution in [2.24, 2.45) is 0 Å². The smallest absolute Gasteiger partial charge is 0.115 e. The summed E-state index contributed by atoms with van der Waals surface area (Å²) in [6.45, 7) is 9.14. The first-order chi connectivity index (χ1) is 18.5. The third-order valence-corrected chi connectivity index (χ3v) is 9.41. The van der Waals surface area contributed by atoms with E-state index in [-0.39, 0.29) is 18.3 Å². The molecule has 1 unspecified atom stereocenters. The molecule has 0 saturated carbocycles. The van der Waals surface area contributed by atoms with Crippen LogP contribution in [0.1, 0.15) is 87.8 Å². The summed E-state index contributed by atoms with van der Waals surface area (Å²) in [5.74, 6) is 0. The molecular weight excluding hydrogens is 620 g/mol. The van der Waals surface area contributed by atoms with Gasteiger partial charge in [-0.15, -0.1) is 0 Å². The molecule has 0 spiro atoms. The van der Waals surface area contributed by atoms with E-state index in [4.69, 9.17) is 0 Å². The van der Waals surface area contributed by atoms with Gasteiger partial charge in [0.15, 0.2) is 0 Å². The number of allylic oxidation sites excluding steroid dienone is 1. The zero-order valence-corrected chi connectivity index (χ0v) is 26.3. The number of hydrogen-bond acceptors (Lipinski definition) is 1. The van der Waals surface area contributed by atoms with Crippen molar-refractivity contribution in [3.8, 4) is 0 Å². The van der Waals surface area contributed by atoms with Gasteiger partial charge in [-0.05, 0) is 93.3 Å². The fourth-order valence-electron chi connectivity index (χ4n) is 6.02. The molecule has 2 aliphatic carbocycles. The van der Waals surface area contributed by atoms with Crippen molar-refractivity contribution in [3.05, 3.63) is 145 Å². The Kier molecular flexibility index (Phi) is 9.00. The highest BCUT2D eigenvalue weighted by Gasteiger charge is 2.42. The number of benzene rings is 4. The van der Waals surface area contributed by atoms with E-state index in [0.717, 1.165) is 39.3 Å². The predicted molar refractivity (Wildman–Crippen MR) is 178 cm³/mol. The van der Waals surface area contributed by atoms with E-state index >= 15 is 0 Å². The van der Waals surface area contributed by atoms with Gasteiger partial charge in [-0.3, -0.25) is 0 Å². The van der Waals surface area contributed by atoms with Crippen LogP contribution in [-0.4, -0.2) is 5.11 Å². The van der Waals surface area contributed by atoms with Gasteiger partial charge in [0, 0.05) is 8.95 Å². The SMILES string of the molecule is C.CC1(C)CC=C(c2ccccc2)c2cc(Br)ccc21.CC1(C)CCC(O)(c2ccccc2)c2cc(Br)ccc21. The summed E-state index contributed by atoms with van der Waals surface area (Å²) in [6, 6.07) is 33.6. The minimum atomic E-state index is -0.879. The van der Waals surface area contributed by atoms with Gasteiger partial charge in [0.05, 0.1) is 0 Å². The highest BCUT2D eigenvalue weighted by molar-refractivity contribution is 9.10. The molecule has 6 rings (SSSR count). The standard InChI is InChI=1S/C18H19BrO.C18H17Br.CH4/c1-17(2)10-11-18(20,13-6-4-3-5-7-13)16-12-14(19)8-9-15(16)17;1-18(2)11-10-15(13-6-4-3-5-7-13)16-12-14(19)8-9-17(16)18;/h3-9,12,20H,10-11H2,1-2H3;3-10,12H,11H2,1-2H3;1H4. The van der Waals surface area contributed by atoms with Crippen LogP contribution < -0.4 is 0 Å². The van der Waals surface area contributed by atoms with Crippen LogP contribution in [-0.2, 0) is 16.4 Å². The Labute approximate surface area is 257 Å². The summed E-state index contributed by atoms with van der Waals surface area (Å²) in [7, 11) is 0. The van der Waals surface area contributed by atoms with E-state index in [9.17, 15) is 5.11 Å². The van der Waals surface area contributed by atoms with E-state index in [1.54, 1.807) is 0 Å². The maximum absolute atomic E-state index is 11.3. The van der Waals surface area contributed by atoms with Crippen LogP contribution in [0.2, 0.25) is 0 Å². The molecule has 0 heterocycles. The van der Waals surface area contributed by atoms with Crippen LogP contribution >= 0.6 is 31.9 Å². The largest absolute Gasteiger partial charge is 0.380 e. The first kappa shape index (κ1) is 30.5. The van der Waals surface area contributed by atoms with Crippen molar-refractivity contribution in [2.75, 3.05) is 0 Å². The topological polar surface area (TPSA) is 20.2 Å². The Bertz CT molecular complexity index is 1500. The fourth-order valence-corrected chi connectivity index (χ4v) is 6.75. The van der Waals surface area contributed by atoms with E-state index < -0.39 is 5.60 Å². The molecule has 0 bridgehead atoms. The number of hydrogen-bond donors (Lipinski definition) is 1. The number of halogens is 2. The quantitative estimate of drug-likeness (QED) is 0.227. The fraction of sp³-hybridized carbons (Fsp3) is 0.297. The molecule has 0 radical (unpaired) electrons. The minimum absolute atomic E-state index is 0. The summed E-state index contributed by atoms with van der Waals surface area (Å²) in [5.41, 5.74) is 8.17. The molecular formula is C37H40Br2O. The Balaban J connectivity index is 0.000000181. The van der Waals surface area contributed by atoms with Crippen LogP contribution in [0.25, 0.3) is 5.57 Å². The Morgan fingerprint density at radius 3 is 1.85 bits per heavy atom. The summed E-state index contributed by atoms with van der Waals surface area (Å²) in [6.07, 6.45) is 5.20. The highest BCUT2D eigenvalue weighted by Crippen LogP contribution is 2.48. The molecule has 0 amide bonds. The van der Waals surface area contributed by atoms with E-state index in [1.807, 2.05) is 30.3 Å². The van der Waals surface area contributed by atoms with E-state index in [2.05, 4.69) is 132 Å². The molecule has 0 saturated heterocycles. The Hall–Kier alpha value is -2.46. The summed E-state index contributed by atoms with van der Waals surface area (Å²) in [5, 5.41) is 11.3. The molecule has 0 fully saturated rings. The molecule has 3 heteroatoms. The second-order valence-electron chi connectivity index (χ2n) is 12.1. The molecule has 4 aromatic rings. The predicted octanol–water partition coefficient (Wildman–Crippen LogP) is 11.0. The minimum Gasteiger partial charge on any atom is -0.380 e. The second-order valence-corrected chi connectivity index (χ2v) is 13.9. The van der Waals surface area contributed by atoms with Crippen molar-refractivity contribution in [1.82, 2.24) is 0 Å². The monoisotopic (exact) mass is 658 g/mol. The van der Waals surface area contributed by atoms with Crippen molar-refractivity contribution >= 4 is 37.4 Å². The van der Waals surface area contributed by atoms with Gasteiger partial charge in [0.2, 0.25) is 0 Å². The average molecular weight is 661 g/mol. The van der Waals surface area contributed by atoms with Gasteiger partial charge >= 0.3 is 0 Å². The molecule has 0 aliphatic heterocycles. The maximum atomic E-state index is 11.3. The molecule has 4 aromatic carbocycles. The van der Waals surface area contributed by atoms with Crippen LogP contribution in [0.5, 0.6) is 0 Å². The third-order valence-electron chi connectivity index (χ3n) is 8.42. The Morgan fingerprint density at radius 1 is 0.625 bits per heavy atom. The summed E-state index contributed by atoms with van der Waals surface area (Å²) >= 11 is 7.14. The maximum Gasteiger partial charge on any atom is 0.115 e. The van der Waals surface area contributed by atoms with Crippen molar-refractivity contribution < 1.29 is 5.11 Å². The van der Waals surface area contributed by atoms with Gasteiger partial charge in [-0.1, -0.05) is 146 Å². The summed E-state index contributed by atoms with van der Waals surface area (Å²) < 4.78 is 2.16. The van der Waals surface area contributed by atoms with Gasteiger partial charge in [0.25, 0.3) is 0 Å². The molecule has 2 aliphatic rings.